The molecule has 1 aliphatic rings. The minimum atomic E-state index is -0.616. The lowest BCUT2D eigenvalue weighted by Gasteiger charge is -2.61. The minimum Gasteiger partial charge on any atom is -0.332 e. The second kappa shape index (κ2) is 4.28. The molecule has 0 aromatic carbocycles. The summed E-state index contributed by atoms with van der Waals surface area (Å²) in [5.74, 6) is -0.163. The maximum atomic E-state index is 12.7. The van der Waals surface area contributed by atoms with Crippen molar-refractivity contribution in [2.24, 2.45) is 5.41 Å². The lowest BCUT2D eigenvalue weighted by Crippen LogP contribution is -2.70. The van der Waals surface area contributed by atoms with Gasteiger partial charge in [0, 0.05) is 23.7 Å². The number of hydrogen-bond donors (Lipinski definition) is 2. The highest BCUT2D eigenvalue weighted by Gasteiger charge is 2.54. The summed E-state index contributed by atoms with van der Waals surface area (Å²) in [4.78, 5) is 46.1. The summed E-state index contributed by atoms with van der Waals surface area (Å²) >= 11 is 0. The minimum absolute atomic E-state index is 0.0373. The van der Waals surface area contributed by atoms with Crippen LogP contribution >= 0.6 is 0 Å². The molecule has 0 unspecified atom stereocenters. The number of aromatic nitrogens is 3. The number of H-pyrrole nitrogens is 2. The predicted molar refractivity (Wildman–Crippen MR) is 81.9 cm³/mol. The van der Waals surface area contributed by atoms with Gasteiger partial charge in [-0.15, -0.1) is 0 Å². The van der Waals surface area contributed by atoms with Crippen molar-refractivity contribution in [1.82, 2.24) is 19.9 Å². The third-order valence-corrected chi connectivity index (χ3v) is 4.97. The van der Waals surface area contributed by atoms with Crippen LogP contribution in [-0.4, -0.2) is 37.8 Å². The number of fused-ring (bicyclic) bond motifs is 1. The molecule has 7 nitrogen and oxygen atoms in total. The monoisotopic (exact) mass is 302 g/mol. The molecule has 7 heteroatoms. The van der Waals surface area contributed by atoms with Gasteiger partial charge in [0.25, 0.3) is 11.5 Å². The molecule has 1 fully saturated rings. The molecule has 2 aromatic rings. The lowest BCUT2D eigenvalue weighted by molar-refractivity contribution is -0.0881. The predicted octanol–water partition coefficient (Wildman–Crippen LogP) is 0.872. The fourth-order valence-corrected chi connectivity index (χ4v) is 2.71. The van der Waals surface area contributed by atoms with E-state index in [1.807, 2.05) is 13.8 Å². The van der Waals surface area contributed by atoms with E-state index < -0.39 is 11.2 Å². The topological polar surface area (TPSA) is 98.9 Å². The zero-order valence-electron chi connectivity index (χ0n) is 13.0. The Bertz CT molecular complexity index is 892. The Hall–Kier alpha value is -2.44. The number of carbonyl (C=O) groups excluding carboxylic acids is 1. The average molecular weight is 302 g/mol. The summed E-state index contributed by atoms with van der Waals surface area (Å²) in [6.45, 7) is 8.93. The number of nitrogens with one attached hydrogen (secondary N) is 2. The average Bonchev–Trinajstić information content (AvgIpc) is 2.43. The van der Waals surface area contributed by atoms with E-state index >= 15 is 0 Å². The lowest BCUT2D eigenvalue weighted by atomic mass is 9.65. The number of aromatic amines is 2. The summed E-state index contributed by atoms with van der Waals surface area (Å²) in [6.07, 6.45) is 1.39. The largest absolute Gasteiger partial charge is 0.332 e. The fraction of sp³-hybridized carbons (Fsp3) is 0.467. The van der Waals surface area contributed by atoms with Crippen LogP contribution in [0.3, 0.4) is 0 Å². The van der Waals surface area contributed by atoms with E-state index in [-0.39, 0.29) is 27.9 Å². The maximum Gasteiger partial charge on any atom is 0.327 e. The van der Waals surface area contributed by atoms with E-state index in [0.29, 0.717) is 12.1 Å². The summed E-state index contributed by atoms with van der Waals surface area (Å²) in [7, 11) is 0. The Morgan fingerprint density at radius 3 is 2.50 bits per heavy atom. The quantitative estimate of drug-likeness (QED) is 0.816. The Labute approximate surface area is 126 Å². The first kappa shape index (κ1) is 14.5. The van der Waals surface area contributed by atoms with Gasteiger partial charge in [0.1, 0.15) is 5.65 Å². The molecule has 1 amide bonds. The Morgan fingerprint density at radius 2 is 1.91 bits per heavy atom. The molecule has 22 heavy (non-hydrogen) atoms. The second-order valence-corrected chi connectivity index (χ2v) is 6.86. The third kappa shape index (κ3) is 1.88. The molecule has 3 rings (SSSR count). The molecule has 0 spiro atoms. The number of likely N-dealkylation sites (tertiary alicyclic amines) is 1. The van der Waals surface area contributed by atoms with Crippen LogP contribution in [-0.2, 0) is 0 Å². The first-order valence-electron chi connectivity index (χ1n) is 7.08. The van der Waals surface area contributed by atoms with Gasteiger partial charge in [-0.3, -0.25) is 19.6 Å². The SMILES string of the molecule is CC1(C)CN(C(=O)c2cnc3[nH]c(=O)[nH]c(=O)c3c2)C1(C)C. The first-order chi connectivity index (χ1) is 10.1. The van der Waals surface area contributed by atoms with E-state index in [1.54, 1.807) is 4.90 Å². The molecule has 1 saturated heterocycles. The van der Waals surface area contributed by atoms with E-state index in [0.717, 1.165) is 0 Å². The van der Waals surface area contributed by atoms with Crippen molar-refractivity contribution in [3.8, 4) is 0 Å². The number of pyridine rings is 1. The van der Waals surface area contributed by atoms with Crippen molar-refractivity contribution in [2.75, 3.05) is 6.54 Å². The van der Waals surface area contributed by atoms with E-state index in [2.05, 4.69) is 28.8 Å². The van der Waals surface area contributed by atoms with Crippen LogP contribution in [0.4, 0.5) is 0 Å². The number of rotatable bonds is 1. The normalized spacial score (nSPS) is 19.0. The van der Waals surface area contributed by atoms with Crippen molar-refractivity contribution in [1.29, 1.82) is 0 Å². The summed E-state index contributed by atoms with van der Waals surface area (Å²) in [5.41, 5.74) is -0.882. The third-order valence-electron chi connectivity index (χ3n) is 4.97. The molecule has 3 heterocycles. The molecule has 0 saturated carbocycles. The second-order valence-electron chi connectivity index (χ2n) is 6.86. The Balaban J connectivity index is 2.03. The summed E-state index contributed by atoms with van der Waals surface area (Å²) in [6, 6.07) is 1.47. The van der Waals surface area contributed by atoms with Gasteiger partial charge in [-0.2, -0.15) is 0 Å². The molecular weight excluding hydrogens is 284 g/mol. The smallest absolute Gasteiger partial charge is 0.327 e. The molecule has 0 aliphatic carbocycles. The highest BCUT2D eigenvalue weighted by Crippen LogP contribution is 2.46. The van der Waals surface area contributed by atoms with Crippen molar-refractivity contribution < 1.29 is 4.79 Å². The standard InChI is InChI=1S/C15H18N4O3/c1-14(2)7-19(15(14,3)4)12(21)8-5-9-10(16-6-8)17-13(22)18-11(9)20/h5-6H,7H2,1-4H3,(H2,16,17,18,20,22). The fourth-order valence-electron chi connectivity index (χ4n) is 2.71. The molecule has 0 radical (unpaired) electrons. The Kier molecular flexibility index (Phi) is 2.82. The van der Waals surface area contributed by atoms with Gasteiger partial charge < -0.3 is 4.90 Å². The highest BCUT2D eigenvalue weighted by molar-refractivity contribution is 5.97. The van der Waals surface area contributed by atoms with Gasteiger partial charge >= 0.3 is 5.69 Å². The van der Waals surface area contributed by atoms with Gasteiger partial charge in [-0.1, -0.05) is 13.8 Å². The molecule has 116 valence electrons. The number of hydrogen-bond acceptors (Lipinski definition) is 4. The van der Waals surface area contributed by atoms with Crippen molar-refractivity contribution >= 4 is 16.9 Å². The maximum absolute atomic E-state index is 12.7. The van der Waals surface area contributed by atoms with E-state index in [9.17, 15) is 14.4 Å². The van der Waals surface area contributed by atoms with Gasteiger partial charge in [-0.25, -0.2) is 9.78 Å². The summed E-state index contributed by atoms with van der Waals surface area (Å²) in [5, 5.41) is 0.197. The first-order valence-corrected chi connectivity index (χ1v) is 7.08. The zero-order valence-corrected chi connectivity index (χ0v) is 13.0. The van der Waals surface area contributed by atoms with Gasteiger partial charge in [0.15, 0.2) is 0 Å². The van der Waals surface area contributed by atoms with Gasteiger partial charge in [0.2, 0.25) is 0 Å². The highest BCUT2D eigenvalue weighted by atomic mass is 16.2. The van der Waals surface area contributed by atoms with Crippen LogP contribution in [0.5, 0.6) is 0 Å². The van der Waals surface area contributed by atoms with Crippen molar-refractivity contribution in [3.05, 3.63) is 38.7 Å². The van der Waals surface area contributed by atoms with Gasteiger partial charge in [0.05, 0.1) is 10.9 Å². The van der Waals surface area contributed by atoms with Crippen LogP contribution in [0.25, 0.3) is 11.0 Å². The van der Waals surface area contributed by atoms with Crippen LogP contribution in [0.15, 0.2) is 21.9 Å². The molecule has 2 aromatic heterocycles. The molecule has 1 aliphatic heterocycles. The van der Waals surface area contributed by atoms with Gasteiger partial charge in [-0.05, 0) is 19.9 Å². The van der Waals surface area contributed by atoms with E-state index in [4.69, 9.17) is 0 Å². The molecular formula is C15H18N4O3. The van der Waals surface area contributed by atoms with E-state index in [1.165, 1.54) is 12.3 Å². The number of nitrogens with zero attached hydrogens (tertiary/aromatic N) is 2. The summed E-state index contributed by atoms with van der Waals surface area (Å²) < 4.78 is 0. The van der Waals surface area contributed by atoms with Crippen molar-refractivity contribution in [3.63, 3.8) is 0 Å². The van der Waals surface area contributed by atoms with Crippen LogP contribution in [0, 0.1) is 5.41 Å². The Morgan fingerprint density at radius 1 is 1.23 bits per heavy atom. The zero-order chi connectivity index (χ0) is 16.3. The van der Waals surface area contributed by atoms with Crippen LogP contribution < -0.4 is 11.2 Å². The molecule has 0 atom stereocenters. The molecule has 0 bridgehead atoms. The van der Waals surface area contributed by atoms with Crippen molar-refractivity contribution in [2.45, 2.75) is 33.2 Å². The number of carbonyl (C=O) groups is 1. The number of amides is 1. The molecule has 2 N–H and O–H groups in total. The van der Waals surface area contributed by atoms with Crippen LogP contribution in [0.2, 0.25) is 0 Å². The van der Waals surface area contributed by atoms with Crippen LogP contribution in [0.1, 0.15) is 38.1 Å².